The second-order valence-corrected chi connectivity index (χ2v) is 4.37. The summed E-state index contributed by atoms with van der Waals surface area (Å²) >= 11 is 0. The first-order chi connectivity index (χ1) is 8.75. The molecular formula is C13H19N3O2. The van der Waals surface area contributed by atoms with Crippen molar-refractivity contribution in [3.63, 3.8) is 0 Å². The second kappa shape index (κ2) is 6.47. The van der Waals surface area contributed by atoms with Crippen LogP contribution in [0.15, 0.2) is 18.2 Å². The molecule has 0 saturated carbocycles. The van der Waals surface area contributed by atoms with E-state index in [0.29, 0.717) is 39.4 Å². The van der Waals surface area contributed by atoms with Crippen molar-refractivity contribution >= 4 is 5.91 Å². The molecule has 0 atom stereocenters. The van der Waals surface area contributed by atoms with Gasteiger partial charge in [-0.1, -0.05) is 6.07 Å². The van der Waals surface area contributed by atoms with E-state index in [9.17, 15) is 4.79 Å². The number of nitrogens with one attached hydrogen (secondary N) is 1. The standard InChI is InChI=1S/C13H19N3O2/c1-11-3-2-4-12(15-11)9-14-10-13(17)16-5-7-18-8-6-16/h2-4,14H,5-10H2,1H3. The zero-order valence-corrected chi connectivity index (χ0v) is 10.7. The summed E-state index contributed by atoms with van der Waals surface area (Å²) in [6.45, 7) is 5.62. The Balaban J connectivity index is 1.73. The third-order valence-electron chi connectivity index (χ3n) is 2.89. The number of morpholine rings is 1. The summed E-state index contributed by atoms with van der Waals surface area (Å²) in [5, 5.41) is 3.13. The van der Waals surface area contributed by atoms with Crippen molar-refractivity contribution in [3.05, 3.63) is 29.6 Å². The van der Waals surface area contributed by atoms with E-state index in [-0.39, 0.29) is 5.91 Å². The van der Waals surface area contributed by atoms with Crippen LogP contribution in [0.2, 0.25) is 0 Å². The maximum Gasteiger partial charge on any atom is 0.236 e. The Morgan fingerprint density at radius 3 is 2.94 bits per heavy atom. The lowest BCUT2D eigenvalue weighted by molar-refractivity contribution is -0.134. The van der Waals surface area contributed by atoms with Crippen molar-refractivity contribution < 1.29 is 9.53 Å². The van der Waals surface area contributed by atoms with Crippen molar-refractivity contribution in [1.29, 1.82) is 0 Å². The number of pyridine rings is 1. The third kappa shape index (κ3) is 3.78. The maximum absolute atomic E-state index is 11.8. The van der Waals surface area contributed by atoms with E-state index < -0.39 is 0 Å². The first-order valence-corrected chi connectivity index (χ1v) is 6.24. The number of hydrogen-bond acceptors (Lipinski definition) is 4. The minimum Gasteiger partial charge on any atom is -0.378 e. The summed E-state index contributed by atoms with van der Waals surface area (Å²) in [4.78, 5) is 18.1. The predicted octanol–water partition coefficient (Wildman–Crippen LogP) is 0.338. The highest BCUT2D eigenvalue weighted by Gasteiger charge is 2.15. The Morgan fingerprint density at radius 1 is 1.44 bits per heavy atom. The molecule has 2 heterocycles. The molecule has 1 fully saturated rings. The summed E-state index contributed by atoms with van der Waals surface area (Å²) in [6.07, 6.45) is 0. The normalized spacial score (nSPS) is 15.7. The molecule has 98 valence electrons. The lowest BCUT2D eigenvalue weighted by Crippen LogP contribution is -2.44. The summed E-state index contributed by atoms with van der Waals surface area (Å²) in [7, 11) is 0. The number of carbonyl (C=O) groups is 1. The van der Waals surface area contributed by atoms with Crippen molar-refractivity contribution in [2.24, 2.45) is 0 Å². The van der Waals surface area contributed by atoms with Crippen molar-refractivity contribution in [2.75, 3.05) is 32.8 Å². The molecule has 1 aromatic heterocycles. The summed E-state index contributed by atoms with van der Waals surface area (Å²) in [5.41, 5.74) is 1.96. The van der Waals surface area contributed by atoms with E-state index in [0.717, 1.165) is 11.4 Å². The van der Waals surface area contributed by atoms with Gasteiger partial charge >= 0.3 is 0 Å². The summed E-state index contributed by atoms with van der Waals surface area (Å²) in [6, 6.07) is 5.89. The number of rotatable bonds is 4. The quantitative estimate of drug-likeness (QED) is 0.836. The first kappa shape index (κ1) is 13.0. The lowest BCUT2D eigenvalue weighted by atomic mass is 10.3. The van der Waals surface area contributed by atoms with Crippen molar-refractivity contribution in [2.45, 2.75) is 13.5 Å². The van der Waals surface area contributed by atoms with Crippen LogP contribution < -0.4 is 5.32 Å². The van der Waals surface area contributed by atoms with Gasteiger partial charge in [-0.3, -0.25) is 9.78 Å². The van der Waals surface area contributed by atoms with Crippen LogP contribution >= 0.6 is 0 Å². The van der Waals surface area contributed by atoms with E-state index in [1.165, 1.54) is 0 Å². The summed E-state index contributed by atoms with van der Waals surface area (Å²) in [5.74, 6) is 0.131. The number of hydrogen-bond donors (Lipinski definition) is 1. The molecule has 0 radical (unpaired) electrons. The van der Waals surface area contributed by atoms with Gasteiger partial charge in [0.25, 0.3) is 0 Å². The highest BCUT2D eigenvalue weighted by molar-refractivity contribution is 5.78. The van der Waals surface area contributed by atoms with Gasteiger partial charge in [-0.05, 0) is 19.1 Å². The highest BCUT2D eigenvalue weighted by atomic mass is 16.5. The van der Waals surface area contributed by atoms with Gasteiger partial charge in [0.05, 0.1) is 25.5 Å². The number of nitrogens with zero attached hydrogens (tertiary/aromatic N) is 2. The minimum absolute atomic E-state index is 0.131. The van der Waals surface area contributed by atoms with Gasteiger partial charge < -0.3 is 15.0 Å². The molecule has 0 aromatic carbocycles. The van der Waals surface area contributed by atoms with E-state index >= 15 is 0 Å². The zero-order chi connectivity index (χ0) is 12.8. The number of carbonyl (C=O) groups excluding carboxylic acids is 1. The molecule has 5 heteroatoms. The van der Waals surface area contributed by atoms with Crippen LogP contribution in [0.4, 0.5) is 0 Å². The number of ether oxygens (including phenoxy) is 1. The monoisotopic (exact) mass is 249 g/mol. The third-order valence-corrected chi connectivity index (χ3v) is 2.89. The van der Waals surface area contributed by atoms with Crippen molar-refractivity contribution in [3.8, 4) is 0 Å². The molecule has 1 saturated heterocycles. The molecule has 0 spiro atoms. The highest BCUT2D eigenvalue weighted by Crippen LogP contribution is 1.99. The van der Waals surface area contributed by atoms with E-state index in [1.807, 2.05) is 30.0 Å². The van der Waals surface area contributed by atoms with Crippen LogP contribution in [0.5, 0.6) is 0 Å². The molecule has 0 aliphatic carbocycles. The van der Waals surface area contributed by atoms with Crippen molar-refractivity contribution in [1.82, 2.24) is 15.2 Å². The molecule has 1 N–H and O–H groups in total. The Morgan fingerprint density at radius 2 is 2.22 bits per heavy atom. The van der Waals surface area contributed by atoms with Crippen LogP contribution in [-0.4, -0.2) is 48.6 Å². The van der Waals surface area contributed by atoms with Gasteiger partial charge in [0, 0.05) is 25.3 Å². The molecule has 2 rings (SSSR count). The Kier molecular flexibility index (Phi) is 4.66. The average molecular weight is 249 g/mol. The van der Waals surface area contributed by atoms with E-state index in [2.05, 4.69) is 10.3 Å². The number of amides is 1. The predicted molar refractivity (Wildman–Crippen MR) is 68.1 cm³/mol. The van der Waals surface area contributed by atoms with Gasteiger partial charge in [0.2, 0.25) is 5.91 Å². The molecular weight excluding hydrogens is 230 g/mol. The fourth-order valence-corrected chi connectivity index (χ4v) is 1.92. The molecule has 0 bridgehead atoms. The SMILES string of the molecule is Cc1cccc(CNCC(=O)N2CCOCC2)n1. The number of aromatic nitrogens is 1. The Bertz CT molecular complexity index is 403. The molecule has 1 aliphatic heterocycles. The molecule has 5 nitrogen and oxygen atoms in total. The molecule has 18 heavy (non-hydrogen) atoms. The van der Waals surface area contributed by atoms with Gasteiger partial charge in [0.15, 0.2) is 0 Å². The number of aryl methyl sites for hydroxylation is 1. The smallest absolute Gasteiger partial charge is 0.236 e. The second-order valence-electron chi connectivity index (χ2n) is 4.37. The van der Waals surface area contributed by atoms with Gasteiger partial charge in [-0.25, -0.2) is 0 Å². The molecule has 1 amide bonds. The summed E-state index contributed by atoms with van der Waals surface area (Å²) < 4.78 is 5.21. The molecule has 0 unspecified atom stereocenters. The van der Waals surface area contributed by atoms with E-state index in [1.54, 1.807) is 0 Å². The van der Waals surface area contributed by atoms with Gasteiger partial charge in [-0.15, -0.1) is 0 Å². The fraction of sp³-hybridized carbons (Fsp3) is 0.538. The largest absolute Gasteiger partial charge is 0.378 e. The maximum atomic E-state index is 11.8. The topological polar surface area (TPSA) is 54.5 Å². The van der Waals surface area contributed by atoms with E-state index in [4.69, 9.17) is 4.74 Å². The lowest BCUT2D eigenvalue weighted by Gasteiger charge is -2.26. The van der Waals surface area contributed by atoms with Gasteiger partial charge in [0.1, 0.15) is 0 Å². The minimum atomic E-state index is 0.131. The van der Waals surface area contributed by atoms with Crippen LogP contribution in [0.25, 0.3) is 0 Å². The first-order valence-electron chi connectivity index (χ1n) is 6.24. The molecule has 1 aromatic rings. The van der Waals surface area contributed by atoms with Crippen LogP contribution in [0.3, 0.4) is 0 Å². The Labute approximate surface area is 107 Å². The van der Waals surface area contributed by atoms with Crippen LogP contribution in [0.1, 0.15) is 11.4 Å². The molecule has 1 aliphatic rings. The van der Waals surface area contributed by atoms with Gasteiger partial charge in [-0.2, -0.15) is 0 Å². The fourth-order valence-electron chi connectivity index (χ4n) is 1.92. The van der Waals surface area contributed by atoms with Crippen LogP contribution in [-0.2, 0) is 16.1 Å². The Hall–Kier alpha value is -1.46. The average Bonchev–Trinajstić information content (AvgIpc) is 2.40. The van der Waals surface area contributed by atoms with Crippen LogP contribution in [0, 0.1) is 6.92 Å². The zero-order valence-electron chi connectivity index (χ0n) is 10.7.